The van der Waals surface area contributed by atoms with E-state index in [1.165, 1.54) is 5.56 Å². The fourth-order valence-corrected chi connectivity index (χ4v) is 4.36. The summed E-state index contributed by atoms with van der Waals surface area (Å²) in [5, 5.41) is 2.96. The third-order valence-electron chi connectivity index (χ3n) is 4.81. The molecular weight excluding hydrogens is 460 g/mol. The average Bonchev–Trinajstić information content (AvgIpc) is 2.75. The first-order valence-corrected chi connectivity index (χ1v) is 12.4. The second-order valence-corrected chi connectivity index (χ2v) is 9.28. The van der Waals surface area contributed by atoms with E-state index < -0.39 is 6.04 Å². The Kier molecular flexibility index (Phi) is 11.0. The van der Waals surface area contributed by atoms with Crippen LogP contribution in [-0.4, -0.2) is 35.1 Å². The van der Waals surface area contributed by atoms with Gasteiger partial charge in [0.15, 0.2) is 0 Å². The molecule has 0 bridgehead atoms. The zero-order chi connectivity index (χ0) is 21.8. The van der Waals surface area contributed by atoms with Gasteiger partial charge in [-0.2, -0.15) is 11.8 Å². The molecule has 0 aliphatic rings. The predicted octanol–water partition coefficient (Wildman–Crippen LogP) is 5.41. The Bertz CT molecular complexity index is 801. The molecule has 1 N–H and O–H groups in total. The second-order valence-electron chi connectivity index (χ2n) is 7.26. The normalized spacial score (nSPS) is 11.7. The molecule has 0 saturated heterocycles. The summed E-state index contributed by atoms with van der Waals surface area (Å²) in [6.45, 7) is 4.97. The van der Waals surface area contributed by atoms with Crippen molar-refractivity contribution >= 4 is 39.5 Å². The summed E-state index contributed by atoms with van der Waals surface area (Å²) < 4.78 is 0.964. The molecule has 30 heavy (non-hydrogen) atoms. The van der Waals surface area contributed by atoms with Crippen LogP contribution in [0.25, 0.3) is 0 Å². The zero-order valence-corrected chi connectivity index (χ0v) is 20.2. The maximum atomic E-state index is 13.0. The van der Waals surface area contributed by atoms with Crippen LogP contribution in [0.15, 0.2) is 59.1 Å². The van der Waals surface area contributed by atoms with Crippen LogP contribution in [0.3, 0.4) is 0 Å². The van der Waals surface area contributed by atoms with Gasteiger partial charge in [-0.1, -0.05) is 71.7 Å². The largest absolute Gasteiger partial charge is 0.354 e. The molecule has 0 spiro atoms. The first-order valence-electron chi connectivity index (χ1n) is 10.4. The highest BCUT2D eigenvalue weighted by atomic mass is 79.9. The summed E-state index contributed by atoms with van der Waals surface area (Å²) in [5.74, 6) is 1.53. The number of carbonyl (C=O) groups excluding carboxylic acids is 2. The monoisotopic (exact) mass is 490 g/mol. The van der Waals surface area contributed by atoms with Gasteiger partial charge in [0.25, 0.3) is 0 Å². The summed E-state index contributed by atoms with van der Waals surface area (Å²) in [7, 11) is 0. The highest BCUT2D eigenvalue weighted by molar-refractivity contribution is 9.10. The lowest BCUT2D eigenvalue weighted by molar-refractivity contribution is -0.140. The number of benzene rings is 2. The van der Waals surface area contributed by atoms with Gasteiger partial charge in [-0.25, -0.2) is 0 Å². The molecular formula is C24H31BrN2O2S. The maximum absolute atomic E-state index is 13.0. The lowest BCUT2D eigenvalue weighted by atomic mass is 10.1. The Morgan fingerprint density at radius 2 is 1.83 bits per heavy atom. The van der Waals surface area contributed by atoms with Crippen molar-refractivity contribution in [1.82, 2.24) is 10.2 Å². The van der Waals surface area contributed by atoms with Crippen molar-refractivity contribution < 1.29 is 9.59 Å². The Morgan fingerprint density at radius 1 is 1.10 bits per heavy atom. The van der Waals surface area contributed by atoms with Gasteiger partial charge in [0.1, 0.15) is 6.04 Å². The van der Waals surface area contributed by atoms with Crippen LogP contribution in [0, 0.1) is 0 Å². The van der Waals surface area contributed by atoms with Gasteiger partial charge in [-0.15, -0.1) is 0 Å². The fraction of sp³-hybridized carbons (Fsp3) is 0.417. The summed E-state index contributed by atoms with van der Waals surface area (Å²) in [6.07, 6.45) is 2.38. The van der Waals surface area contributed by atoms with Crippen molar-refractivity contribution in [3.05, 3.63) is 70.2 Å². The summed E-state index contributed by atoms with van der Waals surface area (Å²) >= 11 is 5.23. The lowest BCUT2D eigenvalue weighted by Gasteiger charge is -2.29. The SMILES string of the molecule is CCCCNC(=O)C(C)N(Cc1cccc(Br)c1)C(=O)CCSCc1ccccc1. The number of unbranched alkanes of at least 4 members (excludes halogenated alkanes) is 1. The van der Waals surface area contributed by atoms with E-state index in [0.29, 0.717) is 19.5 Å². The van der Waals surface area contributed by atoms with Crippen LogP contribution in [0.4, 0.5) is 0 Å². The van der Waals surface area contributed by atoms with Crippen molar-refractivity contribution in [2.45, 2.75) is 51.4 Å². The minimum absolute atomic E-state index is 0.00804. The second kappa shape index (κ2) is 13.5. The number of nitrogens with one attached hydrogen (secondary N) is 1. The fourth-order valence-electron chi connectivity index (χ4n) is 3.02. The molecule has 0 heterocycles. The van der Waals surface area contributed by atoms with Gasteiger partial charge in [0.05, 0.1) is 0 Å². The maximum Gasteiger partial charge on any atom is 0.242 e. The molecule has 2 amide bonds. The standard InChI is InChI=1S/C24H31BrN2O2S/c1-3-4-14-26-24(29)19(2)27(17-21-11-8-12-22(25)16-21)23(28)13-15-30-18-20-9-6-5-7-10-20/h5-12,16,19H,3-4,13-15,17-18H2,1-2H3,(H,26,29). The van der Waals surface area contributed by atoms with E-state index in [9.17, 15) is 9.59 Å². The molecule has 2 aromatic rings. The van der Waals surface area contributed by atoms with Crippen LogP contribution in [0.5, 0.6) is 0 Å². The molecule has 1 unspecified atom stereocenters. The molecule has 0 aliphatic carbocycles. The van der Waals surface area contributed by atoms with Crippen molar-refractivity contribution in [2.24, 2.45) is 0 Å². The van der Waals surface area contributed by atoms with Crippen LogP contribution < -0.4 is 5.32 Å². The predicted molar refractivity (Wildman–Crippen MR) is 129 cm³/mol. The minimum atomic E-state index is -0.507. The van der Waals surface area contributed by atoms with E-state index in [1.54, 1.807) is 16.7 Å². The van der Waals surface area contributed by atoms with E-state index >= 15 is 0 Å². The first kappa shape index (κ1) is 24.5. The third kappa shape index (κ3) is 8.52. The van der Waals surface area contributed by atoms with Crippen molar-refractivity contribution in [3.8, 4) is 0 Å². The number of nitrogens with zero attached hydrogens (tertiary/aromatic N) is 1. The van der Waals surface area contributed by atoms with Gasteiger partial charge >= 0.3 is 0 Å². The number of thioether (sulfide) groups is 1. The van der Waals surface area contributed by atoms with E-state index in [2.05, 4.69) is 40.3 Å². The number of hydrogen-bond acceptors (Lipinski definition) is 3. The molecule has 162 valence electrons. The smallest absolute Gasteiger partial charge is 0.242 e. The summed E-state index contributed by atoms with van der Waals surface area (Å²) in [5.41, 5.74) is 2.26. The molecule has 2 aromatic carbocycles. The number of amides is 2. The highest BCUT2D eigenvalue weighted by Crippen LogP contribution is 2.18. The van der Waals surface area contributed by atoms with E-state index in [4.69, 9.17) is 0 Å². The number of hydrogen-bond donors (Lipinski definition) is 1. The Morgan fingerprint density at radius 3 is 2.53 bits per heavy atom. The third-order valence-corrected chi connectivity index (χ3v) is 6.33. The van der Waals surface area contributed by atoms with Gasteiger partial charge in [-0.3, -0.25) is 9.59 Å². The van der Waals surface area contributed by atoms with E-state index in [-0.39, 0.29) is 11.8 Å². The minimum Gasteiger partial charge on any atom is -0.354 e. The topological polar surface area (TPSA) is 49.4 Å². The Labute approximate surface area is 192 Å². The molecule has 0 radical (unpaired) electrons. The molecule has 2 rings (SSSR count). The quantitative estimate of drug-likeness (QED) is 0.404. The molecule has 0 aromatic heterocycles. The van der Waals surface area contributed by atoms with Crippen molar-refractivity contribution in [1.29, 1.82) is 0 Å². The summed E-state index contributed by atoms with van der Waals surface area (Å²) in [6, 6.07) is 17.6. The van der Waals surface area contributed by atoms with Crippen molar-refractivity contribution in [2.75, 3.05) is 12.3 Å². The van der Waals surface area contributed by atoms with Crippen LogP contribution in [0.2, 0.25) is 0 Å². The Hall–Kier alpha value is -1.79. The zero-order valence-electron chi connectivity index (χ0n) is 17.8. The first-order chi connectivity index (χ1) is 14.5. The summed E-state index contributed by atoms with van der Waals surface area (Å²) in [4.78, 5) is 27.4. The van der Waals surface area contributed by atoms with Gasteiger partial charge in [-0.05, 0) is 36.6 Å². The van der Waals surface area contributed by atoms with Gasteiger partial charge in [0, 0.05) is 35.5 Å². The van der Waals surface area contributed by atoms with Gasteiger partial charge < -0.3 is 10.2 Å². The van der Waals surface area contributed by atoms with E-state index in [1.807, 2.05) is 49.4 Å². The lowest BCUT2D eigenvalue weighted by Crippen LogP contribution is -2.47. The van der Waals surface area contributed by atoms with Crippen LogP contribution in [-0.2, 0) is 21.9 Å². The molecule has 0 fully saturated rings. The van der Waals surface area contributed by atoms with Crippen LogP contribution >= 0.6 is 27.7 Å². The molecule has 6 heteroatoms. The highest BCUT2D eigenvalue weighted by Gasteiger charge is 2.25. The van der Waals surface area contributed by atoms with Crippen LogP contribution in [0.1, 0.15) is 44.2 Å². The van der Waals surface area contributed by atoms with E-state index in [0.717, 1.165) is 34.4 Å². The number of halogens is 1. The number of carbonyl (C=O) groups is 2. The average molecular weight is 491 g/mol. The van der Waals surface area contributed by atoms with Gasteiger partial charge in [0.2, 0.25) is 11.8 Å². The number of rotatable bonds is 12. The van der Waals surface area contributed by atoms with Crippen molar-refractivity contribution in [3.63, 3.8) is 0 Å². The Balaban J connectivity index is 1.97. The molecule has 0 aliphatic heterocycles. The molecule has 4 nitrogen and oxygen atoms in total. The molecule has 1 atom stereocenters. The molecule has 0 saturated carbocycles.